The summed E-state index contributed by atoms with van der Waals surface area (Å²) in [6.07, 6.45) is 0. The summed E-state index contributed by atoms with van der Waals surface area (Å²) in [7, 11) is 2.13. The van der Waals surface area contributed by atoms with Crippen LogP contribution in [0.5, 0.6) is 5.75 Å². The molecule has 1 aliphatic heterocycles. The van der Waals surface area contributed by atoms with Crippen molar-refractivity contribution in [2.45, 2.75) is 0 Å². The molecule has 26 heavy (non-hydrogen) atoms. The first-order valence-electron chi connectivity index (χ1n) is 8.54. The van der Waals surface area contributed by atoms with Gasteiger partial charge in [-0.1, -0.05) is 12.1 Å². The third-order valence-corrected chi connectivity index (χ3v) is 4.47. The lowest BCUT2D eigenvalue weighted by atomic mass is 10.1. The number of aromatic nitrogens is 2. The number of nitrogens with zero attached hydrogens (tertiary/aromatic N) is 5. The molecule has 0 radical (unpaired) electrons. The van der Waals surface area contributed by atoms with Gasteiger partial charge in [0.25, 0.3) is 0 Å². The molecule has 1 saturated heterocycles. The molecule has 0 aliphatic carbocycles. The van der Waals surface area contributed by atoms with Crippen LogP contribution < -0.4 is 16.2 Å². The average molecular weight is 353 g/mol. The maximum atomic E-state index is 9.41. The fraction of sp³-hybridized carbons (Fsp3) is 0.389. The number of nitrogen functional groups attached to an aromatic ring is 2. The molecule has 0 spiro atoms. The number of nitriles is 1. The zero-order chi connectivity index (χ0) is 18.5. The minimum atomic E-state index is 0.0312. The summed E-state index contributed by atoms with van der Waals surface area (Å²) in [4.78, 5) is 12.8. The predicted molar refractivity (Wildman–Crippen MR) is 100 cm³/mol. The van der Waals surface area contributed by atoms with Crippen LogP contribution in [0.2, 0.25) is 0 Å². The lowest BCUT2D eigenvalue weighted by Gasteiger charge is -2.32. The Hall–Kier alpha value is -2.89. The van der Waals surface area contributed by atoms with Crippen molar-refractivity contribution in [3.05, 3.63) is 29.8 Å². The fourth-order valence-corrected chi connectivity index (χ4v) is 2.95. The SMILES string of the molecule is CN1CCN(CCOc2ccccc2-c2nc(N)nc(N)c2C#N)CC1. The Bertz CT molecular complexity index is 810. The topological polar surface area (TPSA) is 117 Å². The Kier molecular flexibility index (Phi) is 5.51. The molecular formula is C18H23N7O. The van der Waals surface area contributed by atoms with Gasteiger partial charge in [-0.25, -0.2) is 4.98 Å². The van der Waals surface area contributed by atoms with E-state index in [2.05, 4.69) is 32.9 Å². The van der Waals surface area contributed by atoms with Gasteiger partial charge in [-0.05, 0) is 19.2 Å². The highest BCUT2D eigenvalue weighted by molar-refractivity contribution is 5.77. The van der Waals surface area contributed by atoms with Crippen LogP contribution in [0, 0.1) is 11.3 Å². The molecular weight excluding hydrogens is 330 g/mol. The number of ether oxygens (including phenoxy) is 1. The van der Waals surface area contributed by atoms with Gasteiger partial charge in [-0.15, -0.1) is 0 Å². The van der Waals surface area contributed by atoms with Crippen molar-refractivity contribution in [2.75, 3.05) is 57.8 Å². The standard InChI is InChI=1S/C18H23N7O/c1-24-6-8-25(9-7-24)10-11-26-15-5-3-2-4-13(15)16-14(12-19)17(20)23-18(21)22-16/h2-5H,6-11H2,1H3,(H4,20,21,22,23). The first kappa shape index (κ1) is 17.9. The fourth-order valence-electron chi connectivity index (χ4n) is 2.95. The number of piperazine rings is 1. The van der Waals surface area contributed by atoms with E-state index < -0.39 is 0 Å². The Labute approximate surface area is 153 Å². The van der Waals surface area contributed by atoms with Gasteiger partial charge in [0.05, 0.1) is 5.69 Å². The summed E-state index contributed by atoms with van der Waals surface area (Å²) in [5, 5.41) is 9.41. The smallest absolute Gasteiger partial charge is 0.222 e. The van der Waals surface area contributed by atoms with Crippen molar-refractivity contribution in [2.24, 2.45) is 0 Å². The molecule has 8 heteroatoms. The van der Waals surface area contributed by atoms with E-state index in [1.165, 1.54) is 0 Å². The Morgan fingerprint density at radius 1 is 1.15 bits per heavy atom. The first-order chi connectivity index (χ1) is 12.6. The molecule has 1 aliphatic rings. The maximum Gasteiger partial charge on any atom is 0.222 e. The minimum Gasteiger partial charge on any atom is -0.492 e. The highest BCUT2D eigenvalue weighted by atomic mass is 16.5. The van der Waals surface area contributed by atoms with E-state index in [0.29, 0.717) is 23.6 Å². The van der Waals surface area contributed by atoms with E-state index in [-0.39, 0.29) is 17.3 Å². The number of rotatable bonds is 5. The largest absolute Gasteiger partial charge is 0.492 e. The van der Waals surface area contributed by atoms with Crippen molar-refractivity contribution >= 4 is 11.8 Å². The molecule has 0 saturated carbocycles. The van der Waals surface area contributed by atoms with Crippen LogP contribution in [0.4, 0.5) is 11.8 Å². The van der Waals surface area contributed by atoms with E-state index in [1.807, 2.05) is 24.3 Å². The molecule has 0 unspecified atom stereocenters. The number of hydrogen-bond acceptors (Lipinski definition) is 8. The number of para-hydroxylation sites is 1. The summed E-state index contributed by atoms with van der Waals surface area (Å²) in [5.74, 6) is 0.751. The normalized spacial score (nSPS) is 15.5. The van der Waals surface area contributed by atoms with Crippen LogP contribution in [0.15, 0.2) is 24.3 Å². The highest BCUT2D eigenvalue weighted by Gasteiger charge is 2.17. The lowest BCUT2D eigenvalue weighted by Crippen LogP contribution is -2.45. The molecule has 1 aromatic carbocycles. The van der Waals surface area contributed by atoms with E-state index in [4.69, 9.17) is 16.2 Å². The van der Waals surface area contributed by atoms with Crippen molar-refractivity contribution in [3.8, 4) is 23.1 Å². The Morgan fingerprint density at radius 3 is 2.62 bits per heavy atom. The first-order valence-corrected chi connectivity index (χ1v) is 8.54. The van der Waals surface area contributed by atoms with Gasteiger partial charge < -0.3 is 21.1 Å². The van der Waals surface area contributed by atoms with Crippen LogP contribution in [0.3, 0.4) is 0 Å². The molecule has 1 aromatic heterocycles. The van der Waals surface area contributed by atoms with E-state index >= 15 is 0 Å². The molecule has 3 rings (SSSR count). The number of nitrogens with two attached hydrogens (primary N) is 2. The van der Waals surface area contributed by atoms with Crippen LogP contribution in [-0.4, -0.2) is 66.1 Å². The highest BCUT2D eigenvalue weighted by Crippen LogP contribution is 2.32. The number of anilines is 2. The van der Waals surface area contributed by atoms with Crippen LogP contribution >= 0.6 is 0 Å². The van der Waals surface area contributed by atoms with Gasteiger partial charge in [-0.2, -0.15) is 10.2 Å². The molecule has 0 amide bonds. The monoisotopic (exact) mass is 353 g/mol. The number of benzene rings is 1. The Morgan fingerprint density at radius 2 is 1.88 bits per heavy atom. The zero-order valence-electron chi connectivity index (χ0n) is 14.9. The van der Waals surface area contributed by atoms with Gasteiger partial charge in [-0.3, -0.25) is 4.90 Å². The number of likely N-dealkylation sites (N-methyl/N-ethyl adjacent to an activating group) is 1. The average Bonchev–Trinajstić information content (AvgIpc) is 2.63. The quantitative estimate of drug-likeness (QED) is 0.811. The molecule has 2 heterocycles. The maximum absolute atomic E-state index is 9.41. The molecule has 0 atom stereocenters. The summed E-state index contributed by atoms with van der Waals surface area (Å²) < 4.78 is 5.99. The van der Waals surface area contributed by atoms with Gasteiger partial charge in [0, 0.05) is 38.3 Å². The third kappa shape index (κ3) is 4.02. The van der Waals surface area contributed by atoms with E-state index in [9.17, 15) is 5.26 Å². The summed E-state index contributed by atoms with van der Waals surface area (Å²) in [6.45, 7) is 5.63. The van der Waals surface area contributed by atoms with Crippen LogP contribution in [-0.2, 0) is 0 Å². The van der Waals surface area contributed by atoms with Gasteiger partial charge in [0.15, 0.2) is 0 Å². The second-order valence-corrected chi connectivity index (χ2v) is 6.29. The minimum absolute atomic E-state index is 0.0312. The third-order valence-electron chi connectivity index (χ3n) is 4.47. The second-order valence-electron chi connectivity index (χ2n) is 6.29. The molecule has 2 aromatic rings. The predicted octanol–water partition coefficient (Wildman–Crippen LogP) is 0.806. The van der Waals surface area contributed by atoms with Crippen molar-refractivity contribution in [1.82, 2.24) is 19.8 Å². The summed E-state index contributed by atoms with van der Waals surface area (Å²) >= 11 is 0. The van der Waals surface area contributed by atoms with Gasteiger partial charge in [0.2, 0.25) is 5.95 Å². The van der Waals surface area contributed by atoms with Crippen molar-refractivity contribution in [3.63, 3.8) is 0 Å². The lowest BCUT2D eigenvalue weighted by molar-refractivity contribution is 0.134. The molecule has 4 N–H and O–H groups in total. The van der Waals surface area contributed by atoms with E-state index in [0.717, 1.165) is 32.7 Å². The zero-order valence-corrected chi connectivity index (χ0v) is 14.9. The van der Waals surface area contributed by atoms with Crippen LogP contribution in [0.25, 0.3) is 11.3 Å². The second kappa shape index (κ2) is 7.99. The summed E-state index contributed by atoms with van der Waals surface area (Å²) in [6, 6.07) is 9.49. The molecule has 1 fully saturated rings. The van der Waals surface area contributed by atoms with Gasteiger partial charge >= 0.3 is 0 Å². The van der Waals surface area contributed by atoms with Crippen molar-refractivity contribution < 1.29 is 4.74 Å². The van der Waals surface area contributed by atoms with Crippen molar-refractivity contribution in [1.29, 1.82) is 5.26 Å². The van der Waals surface area contributed by atoms with Crippen LogP contribution in [0.1, 0.15) is 5.56 Å². The molecule has 0 bridgehead atoms. The summed E-state index contributed by atoms with van der Waals surface area (Å²) in [5.41, 5.74) is 12.8. The van der Waals surface area contributed by atoms with Gasteiger partial charge in [0.1, 0.15) is 29.8 Å². The van der Waals surface area contributed by atoms with E-state index in [1.54, 1.807) is 0 Å². The molecule has 8 nitrogen and oxygen atoms in total. The Balaban J connectivity index is 1.76. The molecule has 136 valence electrons. The number of hydrogen-bond donors (Lipinski definition) is 2.